The summed E-state index contributed by atoms with van der Waals surface area (Å²) in [4.78, 5) is 2.52. The van der Waals surface area contributed by atoms with Crippen LogP contribution in [0.1, 0.15) is 307 Å². The first-order valence-electron chi connectivity index (χ1n) is 28.4. The SMILES string of the molecule is CCCCCCCCCCCCc1cc(Sc2cc(CCCCCCCCCCCC)c(O)c(CCCCCCCCCCCC)c2)cc(CCCCCCCCCCCC)c1O. The summed E-state index contributed by atoms with van der Waals surface area (Å²) in [7, 11) is 0. The van der Waals surface area contributed by atoms with E-state index in [-0.39, 0.29) is 0 Å². The zero-order valence-electron chi connectivity index (χ0n) is 42.7. The highest BCUT2D eigenvalue weighted by atomic mass is 32.2. The summed E-state index contributed by atoms with van der Waals surface area (Å²) < 4.78 is 0. The fourth-order valence-corrected chi connectivity index (χ4v) is 10.8. The maximum absolute atomic E-state index is 11.7. The normalized spacial score (nSPS) is 11.6. The number of hydrogen-bond donors (Lipinski definition) is 2. The highest BCUT2D eigenvalue weighted by molar-refractivity contribution is 7.99. The number of aryl methyl sites for hydroxylation is 4. The molecule has 0 atom stereocenters. The lowest BCUT2D eigenvalue weighted by Gasteiger charge is -2.16. The van der Waals surface area contributed by atoms with Gasteiger partial charge >= 0.3 is 0 Å². The molecule has 2 rings (SSSR count). The average molecular weight is 892 g/mol. The van der Waals surface area contributed by atoms with Crippen molar-refractivity contribution in [3.8, 4) is 11.5 Å². The van der Waals surface area contributed by atoms with Crippen molar-refractivity contribution < 1.29 is 10.2 Å². The lowest BCUT2D eigenvalue weighted by molar-refractivity contribution is 0.455. The Balaban J connectivity index is 2.13. The molecule has 0 aliphatic rings. The van der Waals surface area contributed by atoms with Gasteiger partial charge in [-0.25, -0.2) is 0 Å². The molecule has 0 aliphatic carbocycles. The first-order chi connectivity index (χ1) is 31.0. The van der Waals surface area contributed by atoms with E-state index >= 15 is 0 Å². The minimum atomic E-state index is 0.570. The molecule has 0 saturated heterocycles. The van der Waals surface area contributed by atoms with Crippen LogP contribution in [0.2, 0.25) is 0 Å². The second-order valence-electron chi connectivity index (χ2n) is 20.0. The third-order valence-electron chi connectivity index (χ3n) is 13.9. The molecular weight excluding hydrogens is 785 g/mol. The summed E-state index contributed by atoms with van der Waals surface area (Å²) in [5.41, 5.74) is 4.60. The van der Waals surface area contributed by atoms with Crippen LogP contribution in [0.15, 0.2) is 34.1 Å². The fraction of sp³-hybridized carbons (Fsp3) is 0.800. The molecule has 0 saturated carbocycles. The van der Waals surface area contributed by atoms with Crippen molar-refractivity contribution in [1.82, 2.24) is 0 Å². The Bertz CT molecular complexity index is 1130. The summed E-state index contributed by atoms with van der Waals surface area (Å²) in [5.74, 6) is 1.14. The molecule has 3 heteroatoms. The highest BCUT2D eigenvalue weighted by Crippen LogP contribution is 2.39. The Morgan fingerprint density at radius 3 is 0.587 bits per heavy atom. The van der Waals surface area contributed by atoms with Crippen LogP contribution in [-0.2, 0) is 25.7 Å². The molecule has 2 nitrogen and oxygen atoms in total. The third-order valence-corrected chi connectivity index (χ3v) is 14.9. The van der Waals surface area contributed by atoms with E-state index in [2.05, 4.69) is 52.0 Å². The first kappa shape index (κ1) is 57.5. The van der Waals surface area contributed by atoms with Crippen LogP contribution < -0.4 is 0 Å². The van der Waals surface area contributed by atoms with Crippen LogP contribution in [0.25, 0.3) is 0 Å². The van der Waals surface area contributed by atoms with Crippen molar-refractivity contribution in [1.29, 1.82) is 0 Å². The lowest BCUT2D eigenvalue weighted by atomic mass is 9.98. The molecule has 0 bridgehead atoms. The molecular formula is C60H106O2S. The second-order valence-corrected chi connectivity index (χ2v) is 21.2. The van der Waals surface area contributed by atoms with Gasteiger partial charge < -0.3 is 10.2 Å². The van der Waals surface area contributed by atoms with E-state index in [9.17, 15) is 10.2 Å². The molecule has 63 heavy (non-hydrogen) atoms. The van der Waals surface area contributed by atoms with Gasteiger partial charge in [-0.3, -0.25) is 0 Å². The van der Waals surface area contributed by atoms with Crippen LogP contribution in [0, 0.1) is 0 Å². The quantitative estimate of drug-likeness (QED) is 0.0651. The standard InChI is InChI=1S/C60H106O2S/c1-5-9-13-17-21-25-29-33-37-41-45-53-49-57(50-54(59(53)61)46-42-38-34-30-26-22-18-14-10-6-2)63-58-51-55(47-43-39-35-31-27-23-19-15-11-7-3)60(62)56(52-58)48-44-40-36-32-28-24-20-16-12-8-4/h49-52,61-62H,5-48H2,1-4H3. The minimum absolute atomic E-state index is 0.570. The number of hydrogen-bond acceptors (Lipinski definition) is 3. The predicted molar refractivity (Wildman–Crippen MR) is 283 cm³/mol. The van der Waals surface area contributed by atoms with Crippen molar-refractivity contribution >= 4 is 11.8 Å². The molecule has 0 radical (unpaired) electrons. The fourth-order valence-electron chi connectivity index (χ4n) is 9.68. The average Bonchev–Trinajstić information content (AvgIpc) is 3.28. The Morgan fingerprint density at radius 2 is 0.413 bits per heavy atom. The van der Waals surface area contributed by atoms with Gasteiger partial charge in [0.2, 0.25) is 0 Å². The van der Waals surface area contributed by atoms with Gasteiger partial charge in [0.05, 0.1) is 0 Å². The zero-order chi connectivity index (χ0) is 45.3. The topological polar surface area (TPSA) is 40.5 Å². The van der Waals surface area contributed by atoms with Crippen LogP contribution in [0.3, 0.4) is 0 Å². The van der Waals surface area contributed by atoms with Gasteiger partial charge in [-0.2, -0.15) is 0 Å². The van der Waals surface area contributed by atoms with Crippen molar-refractivity contribution in [3.63, 3.8) is 0 Å². The maximum Gasteiger partial charge on any atom is 0.122 e. The molecule has 364 valence electrons. The smallest absolute Gasteiger partial charge is 0.122 e. The van der Waals surface area contributed by atoms with E-state index in [4.69, 9.17) is 0 Å². The number of phenolic OH excluding ortho intramolecular Hbond substituents is 2. The molecule has 2 N–H and O–H groups in total. The Morgan fingerprint density at radius 1 is 0.254 bits per heavy atom. The maximum atomic E-state index is 11.7. The summed E-state index contributed by atoms with van der Waals surface area (Å²) in [6, 6.07) is 9.25. The summed E-state index contributed by atoms with van der Waals surface area (Å²) in [5, 5.41) is 23.4. The minimum Gasteiger partial charge on any atom is -0.507 e. The van der Waals surface area contributed by atoms with Gasteiger partial charge in [0.25, 0.3) is 0 Å². The van der Waals surface area contributed by atoms with E-state index in [1.54, 1.807) is 0 Å². The molecule has 0 aliphatic heterocycles. The van der Waals surface area contributed by atoms with Gasteiger partial charge in [0.1, 0.15) is 11.5 Å². The van der Waals surface area contributed by atoms with Crippen molar-refractivity contribution in [2.75, 3.05) is 0 Å². The Hall–Kier alpha value is -1.61. The second kappa shape index (κ2) is 41.8. The van der Waals surface area contributed by atoms with Gasteiger partial charge in [-0.1, -0.05) is 271 Å². The number of rotatable bonds is 46. The van der Waals surface area contributed by atoms with Crippen LogP contribution >= 0.6 is 11.8 Å². The van der Waals surface area contributed by atoms with E-state index in [1.165, 1.54) is 241 Å². The van der Waals surface area contributed by atoms with Crippen LogP contribution in [0.5, 0.6) is 11.5 Å². The molecule has 0 heterocycles. The molecule has 0 aromatic heterocycles. The third kappa shape index (κ3) is 30.3. The number of benzene rings is 2. The summed E-state index contributed by atoms with van der Waals surface area (Å²) in [6.45, 7) is 9.19. The predicted octanol–water partition coefficient (Wildman–Crippen LogP) is 21.1. The van der Waals surface area contributed by atoms with Crippen molar-refractivity contribution in [2.24, 2.45) is 0 Å². The van der Waals surface area contributed by atoms with Gasteiger partial charge in [0.15, 0.2) is 0 Å². The van der Waals surface area contributed by atoms with E-state index in [1.807, 2.05) is 11.8 Å². The molecule has 0 unspecified atom stereocenters. The number of unbranched alkanes of at least 4 members (excludes halogenated alkanes) is 36. The highest BCUT2D eigenvalue weighted by Gasteiger charge is 2.15. The van der Waals surface area contributed by atoms with Gasteiger partial charge in [-0.15, -0.1) is 0 Å². The largest absolute Gasteiger partial charge is 0.507 e. The molecule has 2 aromatic rings. The number of phenols is 2. The molecule has 2 aromatic carbocycles. The molecule has 0 spiro atoms. The van der Waals surface area contributed by atoms with Crippen LogP contribution in [0.4, 0.5) is 0 Å². The summed E-state index contributed by atoms with van der Waals surface area (Å²) in [6.07, 6.45) is 57.2. The van der Waals surface area contributed by atoms with Crippen molar-refractivity contribution in [2.45, 2.75) is 320 Å². The zero-order valence-corrected chi connectivity index (χ0v) is 43.5. The Kier molecular flexibility index (Phi) is 38.2. The number of aromatic hydroxyl groups is 2. The molecule has 0 fully saturated rings. The summed E-state index contributed by atoms with van der Waals surface area (Å²) >= 11 is 1.87. The van der Waals surface area contributed by atoms with E-state index < -0.39 is 0 Å². The van der Waals surface area contributed by atoms with E-state index in [0.29, 0.717) is 11.5 Å². The lowest BCUT2D eigenvalue weighted by Crippen LogP contribution is -1.97. The van der Waals surface area contributed by atoms with E-state index in [0.717, 1.165) is 73.6 Å². The molecule has 0 amide bonds. The first-order valence-corrected chi connectivity index (χ1v) is 29.2. The van der Waals surface area contributed by atoms with Gasteiger partial charge in [-0.05, 0) is 97.9 Å². The van der Waals surface area contributed by atoms with Crippen molar-refractivity contribution in [3.05, 3.63) is 46.5 Å². The Labute approximate surface area is 398 Å². The van der Waals surface area contributed by atoms with Gasteiger partial charge in [0, 0.05) is 9.79 Å². The monoisotopic (exact) mass is 891 g/mol. The van der Waals surface area contributed by atoms with Crippen LogP contribution in [-0.4, -0.2) is 10.2 Å².